The lowest BCUT2D eigenvalue weighted by Gasteiger charge is -2.34. The number of rotatable bonds is 6. The van der Waals surface area contributed by atoms with E-state index < -0.39 is 29.2 Å². The van der Waals surface area contributed by atoms with Crippen molar-refractivity contribution >= 4 is 30.6 Å². The predicted octanol–water partition coefficient (Wildman–Crippen LogP) is 6.06. The number of para-hydroxylation sites is 1. The van der Waals surface area contributed by atoms with Crippen molar-refractivity contribution in [3.63, 3.8) is 0 Å². The lowest BCUT2D eigenvalue weighted by Crippen LogP contribution is -2.45. The van der Waals surface area contributed by atoms with E-state index in [1.165, 1.54) is 24.3 Å². The third-order valence-corrected chi connectivity index (χ3v) is 13.4. The third kappa shape index (κ3) is 3.48. The molecule has 1 aromatic heterocycles. The minimum absolute atomic E-state index is 0.00264. The van der Waals surface area contributed by atoms with Crippen LogP contribution in [0.5, 0.6) is 0 Å². The fraction of sp³-hybridized carbons (Fsp3) is 0.241. The van der Waals surface area contributed by atoms with Crippen molar-refractivity contribution in [3.8, 4) is 0 Å². The smallest absolute Gasteiger partial charge is 0.199 e. The van der Waals surface area contributed by atoms with Gasteiger partial charge in [0.05, 0.1) is 9.79 Å². The van der Waals surface area contributed by atoms with Gasteiger partial charge in [-0.15, -0.1) is 0 Å². The van der Waals surface area contributed by atoms with Gasteiger partial charge in [-0.3, -0.25) is 0 Å². The number of aromatic amines is 1. The Hall–Kier alpha value is -3.16. The van der Waals surface area contributed by atoms with Crippen LogP contribution in [0.3, 0.4) is 0 Å². The predicted molar refractivity (Wildman–Crippen MR) is 143 cm³/mol. The van der Waals surface area contributed by atoms with E-state index in [1.54, 1.807) is 36.4 Å². The molecule has 36 heavy (non-hydrogen) atoms. The van der Waals surface area contributed by atoms with Crippen LogP contribution in [0, 0.1) is 5.92 Å². The van der Waals surface area contributed by atoms with Gasteiger partial charge in [-0.2, -0.15) is 0 Å². The zero-order valence-corrected chi connectivity index (χ0v) is 21.9. The van der Waals surface area contributed by atoms with E-state index in [1.807, 2.05) is 44.3 Å². The van der Waals surface area contributed by atoms with Gasteiger partial charge in [0.1, 0.15) is 0 Å². The second-order valence-electron chi connectivity index (χ2n) is 10.1. The summed E-state index contributed by atoms with van der Waals surface area (Å²) in [7, 11) is -8.60. The molecular formula is C29H29NO4S2. The maximum absolute atomic E-state index is 14.3. The quantitative estimate of drug-likeness (QED) is 0.314. The number of hydrogen-bond donors (Lipinski definition) is 1. The molecule has 1 atom stereocenters. The Bertz CT molecular complexity index is 1580. The minimum atomic E-state index is -4.30. The molecule has 1 saturated carbocycles. The Kier molecular flexibility index (Phi) is 5.76. The highest BCUT2D eigenvalue weighted by atomic mass is 32.3. The summed E-state index contributed by atoms with van der Waals surface area (Å²) < 4.78 is 55.0. The van der Waals surface area contributed by atoms with E-state index in [4.69, 9.17) is 0 Å². The van der Waals surface area contributed by atoms with Gasteiger partial charge >= 0.3 is 0 Å². The Morgan fingerprint density at radius 2 is 1.31 bits per heavy atom. The average molecular weight is 520 g/mol. The molecule has 5 nitrogen and oxygen atoms in total. The highest BCUT2D eigenvalue weighted by Gasteiger charge is 2.63. The number of benzene rings is 3. The summed E-state index contributed by atoms with van der Waals surface area (Å²) in [5.41, 5.74) is 2.04. The van der Waals surface area contributed by atoms with Gasteiger partial charge in [0.15, 0.2) is 23.8 Å². The van der Waals surface area contributed by atoms with Crippen molar-refractivity contribution in [2.24, 2.45) is 5.92 Å². The van der Waals surface area contributed by atoms with Crippen molar-refractivity contribution in [2.45, 2.75) is 46.0 Å². The summed E-state index contributed by atoms with van der Waals surface area (Å²) in [6, 6.07) is 23.7. The lowest BCUT2D eigenvalue weighted by molar-refractivity contribution is 0.368. The molecule has 3 aromatic carbocycles. The second kappa shape index (κ2) is 8.46. The molecule has 4 aromatic rings. The number of H-pyrrole nitrogens is 1. The van der Waals surface area contributed by atoms with Gasteiger partial charge in [-0.1, -0.05) is 80.6 Å². The van der Waals surface area contributed by atoms with Crippen molar-refractivity contribution < 1.29 is 16.8 Å². The topological polar surface area (TPSA) is 84.1 Å². The van der Waals surface area contributed by atoms with Gasteiger partial charge in [0.2, 0.25) is 0 Å². The van der Waals surface area contributed by atoms with E-state index in [0.717, 1.165) is 16.5 Å². The Balaban J connectivity index is 1.71. The Morgan fingerprint density at radius 3 is 1.86 bits per heavy atom. The van der Waals surface area contributed by atoms with Crippen LogP contribution < -0.4 is 0 Å². The molecule has 0 radical (unpaired) electrons. The number of hydrogen-bond acceptors (Lipinski definition) is 4. The summed E-state index contributed by atoms with van der Waals surface area (Å²) in [6.07, 6.45) is 1.71. The van der Waals surface area contributed by atoms with Crippen molar-refractivity contribution in [3.05, 3.63) is 109 Å². The zero-order valence-electron chi connectivity index (χ0n) is 20.3. The first-order valence-corrected chi connectivity index (χ1v) is 14.8. The molecule has 1 fully saturated rings. The third-order valence-electron chi connectivity index (χ3n) is 7.75. The van der Waals surface area contributed by atoms with E-state index in [-0.39, 0.29) is 28.6 Å². The largest absolute Gasteiger partial charge is 0.361 e. The van der Waals surface area contributed by atoms with Gasteiger partial charge in [0.25, 0.3) is 0 Å². The number of sulfone groups is 2. The molecule has 1 aliphatic rings. The van der Waals surface area contributed by atoms with Crippen molar-refractivity contribution in [2.75, 3.05) is 0 Å². The van der Waals surface area contributed by atoms with E-state index in [2.05, 4.69) is 11.6 Å². The van der Waals surface area contributed by atoms with Gasteiger partial charge in [0, 0.05) is 23.5 Å². The molecule has 0 spiro atoms. The standard InChI is InChI=1S/C29H29NO4S2/c1-21-18-29(35(31,32)22-12-6-4-7-13-22,36(33,34)23-14-8-5-9-15-23)19-25(21)28(2,3)26-20-30-27-17-11-10-16-24(26)27/h4-17,20,25,30H,1,18-19H2,2-3H3. The van der Waals surface area contributed by atoms with E-state index >= 15 is 0 Å². The molecule has 1 unspecified atom stereocenters. The van der Waals surface area contributed by atoms with Crippen LogP contribution in [0.4, 0.5) is 0 Å². The number of allylic oxidation sites excluding steroid dienone is 1. The lowest BCUT2D eigenvalue weighted by atomic mass is 9.71. The number of aromatic nitrogens is 1. The van der Waals surface area contributed by atoms with E-state index in [9.17, 15) is 16.8 Å². The summed E-state index contributed by atoms with van der Waals surface area (Å²) in [6.45, 7) is 8.34. The van der Waals surface area contributed by atoms with Crippen LogP contribution in [0.2, 0.25) is 0 Å². The summed E-state index contributed by atoms with van der Waals surface area (Å²) in [5.74, 6) is -0.381. The molecule has 1 N–H and O–H groups in total. The molecule has 0 bridgehead atoms. The summed E-state index contributed by atoms with van der Waals surface area (Å²) in [5, 5.41) is 1.03. The Labute approximate surface area is 212 Å². The molecule has 5 rings (SSSR count). The van der Waals surface area contributed by atoms with Crippen molar-refractivity contribution in [1.29, 1.82) is 0 Å². The monoisotopic (exact) mass is 519 g/mol. The van der Waals surface area contributed by atoms with Crippen LogP contribution in [-0.4, -0.2) is 25.9 Å². The molecule has 186 valence electrons. The highest BCUT2D eigenvalue weighted by molar-refractivity contribution is 8.10. The van der Waals surface area contributed by atoms with Crippen LogP contribution >= 0.6 is 0 Å². The van der Waals surface area contributed by atoms with Crippen LogP contribution in [0.15, 0.2) is 113 Å². The molecule has 0 aliphatic heterocycles. The maximum Gasteiger partial charge on any atom is 0.199 e. The van der Waals surface area contributed by atoms with Crippen molar-refractivity contribution in [1.82, 2.24) is 4.98 Å². The maximum atomic E-state index is 14.3. The molecule has 1 heterocycles. The fourth-order valence-electron chi connectivity index (χ4n) is 5.74. The molecule has 0 amide bonds. The molecule has 7 heteroatoms. The molecule has 0 saturated heterocycles. The average Bonchev–Trinajstić information content (AvgIpc) is 3.48. The van der Waals surface area contributed by atoms with Gasteiger partial charge < -0.3 is 4.98 Å². The SMILES string of the molecule is C=C1CC(S(=O)(=O)c2ccccc2)(S(=O)(=O)c2ccccc2)CC1C(C)(C)c1c[nH]c2ccccc12. The summed E-state index contributed by atoms with van der Waals surface area (Å²) >= 11 is 0. The number of nitrogens with one attached hydrogen (secondary N) is 1. The van der Waals surface area contributed by atoms with Crippen LogP contribution in [-0.2, 0) is 25.1 Å². The van der Waals surface area contributed by atoms with Crippen LogP contribution in [0.25, 0.3) is 10.9 Å². The van der Waals surface area contributed by atoms with Gasteiger partial charge in [-0.05, 0) is 53.6 Å². The van der Waals surface area contributed by atoms with Gasteiger partial charge in [-0.25, -0.2) is 16.8 Å². The first kappa shape index (κ1) is 24.5. The molecule has 1 aliphatic carbocycles. The van der Waals surface area contributed by atoms with E-state index in [0.29, 0.717) is 5.57 Å². The van der Waals surface area contributed by atoms with Crippen LogP contribution in [0.1, 0.15) is 32.3 Å². The number of fused-ring (bicyclic) bond motifs is 1. The first-order valence-electron chi connectivity index (χ1n) is 11.9. The Morgan fingerprint density at radius 1 is 0.806 bits per heavy atom. The first-order chi connectivity index (χ1) is 17.0. The normalized spacial score (nSPS) is 18.5. The summed E-state index contributed by atoms with van der Waals surface area (Å²) in [4.78, 5) is 3.30. The fourth-order valence-corrected chi connectivity index (χ4v) is 10.9. The highest BCUT2D eigenvalue weighted by Crippen LogP contribution is 2.56. The molecular weight excluding hydrogens is 490 g/mol. The minimum Gasteiger partial charge on any atom is -0.361 e. The second-order valence-corrected chi connectivity index (χ2v) is 14.9. The zero-order chi connectivity index (χ0) is 25.8.